The summed E-state index contributed by atoms with van der Waals surface area (Å²) in [6.07, 6.45) is 15.2. The van der Waals surface area contributed by atoms with Crippen molar-refractivity contribution >= 4 is 11.6 Å². The molecule has 0 bridgehead atoms. The van der Waals surface area contributed by atoms with Gasteiger partial charge in [-0.15, -0.1) is 11.6 Å². The highest BCUT2D eigenvalue weighted by molar-refractivity contribution is 6.24. The molecule has 4 fully saturated rings. The quantitative estimate of drug-likeness (QED) is 0.447. The van der Waals surface area contributed by atoms with Crippen molar-refractivity contribution in [1.82, 2.24) is 0 Å². The van der Waals surface area contributed by atoms with Gasteiger partial charge < -0.3 is 5.11 Å². The van der Waals surface area contributed by atoms with E-state index < -0.39 is 0 Å². The van der Waals surface area contributed by atoms with Crippen molar-refractivity contribution in [2.24, 2.45) is 46.3 Å². The average Bonchev–Trinajstić information content (AvgIpc) is 2.99. The fourth-order valence-electron chi connectivity index (χ4n) is 9.21. The number of aliphatic hydroxyl groups excluding tert-OH is 1. The second kappa shape index (κ2) is 7.99. The normalized spacial score (nSPS) is 50.7. The molecule has 0 aromatic heterocycles. The second-order valence-electron chi connectivity index (χ2n) is 12.7. The molecule has 9 atom stereocenters. The van der Waals surface area contributed by atoms with Crippen LogP contribution in [0.1, 0.15) is 112 Å². The summed E-state index contributed by atoms with van der Waals surface area (Å²) >= 11 is 7.31. The number of hydrogen-bond donors (Lipinski definition) is 1. The molecule has 0 saturated heterocycles. The molecule has 1 nitrogen and oxygen atoms in total. The maximum atomic E-state index is 10.3. The minimum Gasteiger partial charge on any atom is -0.393 e. The molecule has 4 aliphatic rings. The molecule has 2 heteroatoms. The van der Waals surface area contributed by atoms with Crippen LogP contribution in [-0.2, 0) is 0 Å². The highest BCUT2D eigenvalue weighted by Crippen LogP contribution is 2.70. The Bertz CT molecular complexity index is 589. The highest BCUT2D eigenvalue weighted by atomic mass is 35.5. The largest absolute Gasteiger partial charge is 0.393 e. The van der Waals surface area contributed by atoms with Gasteiger partial charge in [0.15, 0.2) is 0 Å². The minimum absolute atomic E-state index is 0.151. The Hall–Kier alpha value is 0.250. The Labute approximate surface area is 185 Å². The van der Waals surface area contributed by atoms with Crippen molar-refractivity contribution in [2.75, 3.05) is 0 Å². The summed E-state index contributed by atoms with van der Waals surface area (Å²) in [5.74, 6) is 5.25. The first kappa shape index (κ1) is 22.4. The lowest BCUT2D eigenvalue weighted by atomic mass is 9.44. The molecule has 0 aromatic carbocycles. The van der Waals surface area contributed by atoms with Crippen molar-refractivity contribution in [1.29, 1.82) is 0 Å². The Balaban J connectivity index is 1.49. The molecule has 0 unspecified atom stereocenters. The van der Waals surface area contributed by atoms with Gasteiger partial charge in [-0.25, -0.2) is 0 Å². The Kier molecular flexibility index (Phi) is 6.18. The molecular formula is C27H47ClO. The average molecular weight is 423 g/mol. The van der Waals surface area contributed by atoms with Gasteiger partial charge in [-0.2, -0.15) is 0 Å². The van der Waals surface area contributed by atoms with Crippen LogP contribution in [0.15, 0.2) is 0 Å². The fourth-order valence-corrected chi connectivity index (χ4v) is 9.73. The number of hydrogen-bond acceptors (Lipinski definition) is 1. The van der Waals surface area contributed by atoms with E-state index in [0.29, 0.717) is 5.41 Å². The Morgan fingerprint density at radius 1 is 0.897 bits per heavy atom. The van der Waals surface area contributed by atoms with Crippen LogP contribution in [0.2, 0.25) is 0 Å². The lowest BCUT2D eigenvalue weighted by molar-refractivity contribution is -0.118. The van der Waals surface area contributed by atoms with Gasteiger partial charge in [0.25, 0.3) is 0 Å². The maximum Gasteiger partial charge on any atom is 0.0557 e. The molecule has 4 rings (SSSR count). The first-order valence-corrected chi connectivity index (χ1v) is 13.4. The molecule has 1 N–H and O–H groups in total. The third-order valence-electron chi connectivity index (χ3n) is 10.9. The van der Waals surface area contributed by atoms with Gasteiger partial charge in [-0.05, 0) is 104 Å². The van der Waals surface area contributed by atoms with E-state index in [0.717, 1.165) is 61.2 Å². The van der Waals surface area contributed by atoms with Crippen LogP contribution in [-0.4, -0.2) is 16.1 Å². The molecule has 0 aromatic rings. The topological polar surface area (TPSA) is 20.2 Å². The summed E-state index contributed by atoms with van der Waals surface area (Å²) in [5.41, 5.74) is 0.800. The first-order valence-electron chi connectivity index (χ1n) is 13.0. The Morgan fingerprint density at radius 2 is 1.66 bits per heavy atom. The standard InChI is InChI=1S/C27H47ClO/c1-18(2)7-6-8-19(3)22-9-10-23-21-12-16-27(28)17-20(29)11-15-26(27,5)24(21)13-14-25(22,23)4/h18-24,29H,6-17H2,1-5H3/t19-,20-,21+,22-,23+,24+,25-,26-,27-/m1/s1. The van der Waals surface area contributed by atoms with E-state index >= 15 is 0 Å². The number of halogens is 1. The summed E-state index contributed by atoms with van der Waals surface area (Å²) < 4.78 is 0. The van der Waals surface area contributed by atoms with Gasteiger partial charge in [-0.1, -0.05) is 53.9 Å². The highest BCUT2D eigenvalue weighted by Gasteiger charge is 2.64. The molecule has 4 saturated carbocycles. The van der Waals surface area contributed by atoms with E-state index in [1.807, 2.05) is 0 Å². The summed E-state index contributed by atoms with van der Waals surface area (Å²) in [5, 5.41) is 10.3. The number of rotatable bonds is 5. The van der Waals surface area contributed by atoms with E-state index in [9.17, 15) is 5.11 Å². The monoisotopic (exact) mass is 422 g/mol. The summed E-state index contributed by atoms with van der Waals surface area (Å²) in [7, 11) is 0. The Morgan fingerprint density at radius 3 is 2.38 bits per heavy atom. The zero-order valence-corrected chi connectivity index (χ0v) is 20.6. The van der Waals surface area contributed by atoms with Gasteiger partial charge in [0.2, 0.25) is 0 Å². The number of fused-ring (bicyclic) bond motifs is 5. The van der Waals surface area contributed by atoms with Crippen LogP contribution < -0.4 is 0 Å². The first-order chi connectivity index (χ1) is 13.6. The van der Waals surface area contributed by atoms with E-state index in [4.69, 9.17) is 11.6 Å². The lowest BCUT2D eigenvalue weighted by Gasteiger charge is -2.64. The van der Waals surface area contributed by atoms with Crippen LogP contribution in [0, 0.1) is 46.3 Å². The van der Waals surface area contributed by atoms with E-state index in [-0.39, 0.29) is 16.4 Å². The zero-order chi connectivity index (χ0) is 21.0. The van der Waals surface area contributed by atoms with Crippen LogP contribution in [0.25, 0.3) is 0 Å². The van der Waals surface area contributed by atoms with Gasteiger partial charge in [0.05, 0.1) is 11.0 Å². The van der Waals surface area contributed by atoms with E-state index in [2.05, 4.69) is 34.6 Å². The van der Waals surface area contributed by atoms with Crippen molar-refractivity contribution in [2.45, 2.75) is 123 Å². The SMILES string of the molecule is CC(C)CCC[C@@H](C)[C@H]1CC[C@H]2[C@@H]3CC[C@@]4(Cl)C[C@H](O)CC[C@]4(C)[C@H]3CC[C@]12C. The van der Waals surface area contributed by atoms with Crippen LogP contribution in [0.4, 0.5) is 0 Å². The lowest BCUT2D eigenvalue weighted by Crippen LogP contribution is -2.60. The summed E-state index contributed by atoms with van der Waals surface area (Å²) in [6, 6.07) is 0. The minimum atomic E-state index is -0.173. The molecular weight excluding hydrogens is 376 g/mol. The van der Waals surface area contributed by atoms with Crippen molar-refractivity contribution in [3.63, 3.8) is 0 Å². The second-order valence-corrected chi connectivity index (χ2v) is 13.4. The molecule has 0 aliphatic heterocycles. The van der Waals surface area contributed by atoms with Gasteiger partial charge in [-0.3, -0.25) is 0 Å². The fraction of sp³-hybridized carbons (Fsp3) is 1.00. The molecule has 0 amide bonds. The summed E-state index contributed by atoms with van der Waals surface area (Å²) in [4.78, 5) is -0.151. The molecule has 0 heterocycles. The van der Waals surface area contributed by atoms with Crippen molar-refractivity contribution in [3.8, 4) is 0 Å². The van der Waals surface area contributed by atoms with Crippen LogP contribution >= 0.6 is 11.6 Å². The summed E-state index contributed by atoms with van der Waals surface area (Å²) in [6.45, 7) is 12.5. The maximum absolute atomic E-state index is 10.3. The number of aliphatic hydroxyl groups is 1. The molecule has 0 spiro atoms. The van der Waals surface area contributed by atoms with Gasteiger partial charge in [0.1, 0.15) is 0 Å². The smallest absolute Gasteiger partial charge is 0.0557 e. The predicted molar refractivity (Wildman–Crippen MR) is 124 cm³/mol. The van der Waals surface area contributed by atoms with Crippen molar-refractivity contribution < 1.29 is 5.11 Å². The molecule has 0 radical (unpaired) electrons. The van der Waals surface area contributed by atoms with Crippen LogP contribution in [0.5, 0.6) is 0 Å². The molecule has 29 heavy (non-hydrogen) atoms. The van der Waals surface area contributed by atoms with E-state index in [1.165, 1.54) is 51.4 Å². The molecule has 168 valence electrons. The van der Waals surface area contributed by atoms with Gasteiger partial charge >= 0.3 is 0 Å². The third-order valence-corrected chi connectivity index (χ3v) is 11.7. The number of alkyl halides is 1. The van der Waals surface area contributed by atoms with Crippen LogP contribution in [0.3, 0.4) is 0 Å². The van der Waals surface area contributed by atoms with Gasteiger partial charge in [0, 0.05) is 0 Å². The van der Waals surface area contributed by atoms with Crippen molar-refractivity contribution in [3.05, 3.63) is 0 Å². The zero-order valence-electron chi connectivity index (χ0n) is 19.9. The van der Waals surface area contributed by atoms with E-state index in [1.54, 1.807) is 0 Å². The molecule has 4 aliphatic carbocycles. The predicted octanol–water partition coefficient (Wildman–Crippen LogP) is 7.83. The third kappa shape index (κ3) is 3.63.